The molecule has 0 bridgehead atoms. The third kappa shape index (κ3) is 4.89. The molecule has 0 unspecified atom stereocenters. The molecule has 144 valence electrons. The molecule has 28 heavy (non-hydrogen) atoms. The van der Waals surface area contributed by atoms with Crippen molar-refractivity contribution in [2.45, 2.75) is 31.0 Å². The molecular formula is C22H23N3O2S. The van der Waals surface area contributed by atoms with Crippen LogP contribution in [0.5, 0.6) is 5.75 Å². The van der Waals surface area contributed by atoms with Gasteiger partial charge in [0.1, 0.15) is 21.8 Å². The molecule has 0 saturated heterocycles. The number of amides is 1. The number of rotatable bonds is 6. The Bertz CT molecular complexity index is 957. The number of anilines is 1. The van der Waals surface area contributed by atoms with E-state index in [9.17, 15) is 4.79 Å². The van der Waals surface area contributed by atoms with Gasteiger partial charge in [-0.3, -0.25) is 4.79 Å². The Labute approximate surface area is 169 Å². The quantitative estimate of drug-likeness (QED) is 0.477. The van der Waals surface area contributed by atoms with Crippen LogP contribution in [0.15, 0.2) is 59.6 Å². The highest BCUT2D eigenvalue weighted by Gasteiger charge is 2.24. The number of aryl methyl sites for hydroxylation is 3. The van der Waals surface area contributed by atoms with Crippen molar-refractivity contribution in [1.29, 1.82) is 0 Å². The fourth-order valence-electron chi connectivity index (χ4n) is 2.88. The second kappa shape index (κ2) is 8.89. The van der Waals surface area contributed by atoms with E-state index in [4.69, 9.17) is 4.74 Å². The van der Waals surface area contributed by atoms with Gasteiger partial charge in [-0.05, 0) is 50.1 Å². The smallest absolute Gasteiger partial charge is 0.242 e. The molecule has 1 atom stereocenters. The zero-order valence-electron chi connectivity index (χ0n) is 16.4. The van der Waals surface area contributed by atoms with Gasteiger partial charge >= 0.3 is 0 Å². The first-order valence-corrected chi connectivity index (χ1v) is 9.83. The maximum Gasteiger partial charge on any atom is 0.242 e. The summed E-state index contributed by atoms with van der Waals surface area (Å²) in [6, 6.07) is 17.3. The summed E-state index contributed by atoms with van der Waals surface area (Å²) < 4.78 is 5.39. The van der Waals surface area contributed by atoms with Crippen LogP contribution in [0.4, 0.5) is 5.69 Å². The summed E-state index contributed by atoms with van der Waals surface area (Å²) in [6.45, 7) is 5.76. The summed E-state index contributed by atoms with van der Waals surface area (Å²) in [6.07, 6.45) is 0. The minimum atomic E-state index is -0.458. The molecule has 0 radical (unpaired) electrons. The molecule has 1 heterocycles. The average molecular weight is 394 g/mol. The van der Waals surface area contributed by atoms with Gasteiger partial charge in [0.2, 0.25) is 5.91 Å². The molecule has 0 aliphatic carbocycles. The van der Waals surface area contributed by atoms with Crippen LogP contribution in [0.1, 0.15) is 27.9 Å². The molecule has 5 nitrogen and oxygen atoms in total. The number of carbonyl (C=O) groups excluding carboxylic acids is 1. The second-order valence-electron chi connectivity index (χ2n) is 6.50. The van der Waals surface area contributed by atoms with Crippen molar-refractivity contribution in [3.63, 3.8) is 0 Å². The molecule has 2 aromatic carbocycles. The van der Waals surface area contributed by atoms with Crippen molar-refractivity contribution >= 4 is 23.4 Å². The highest BCUT2D eigenvalue weighted by Crippen LogP contribution is 2.36. The van der Waals surface area contributed by atoms with E-state index in [0.717, 1.165) is 21.8 Å². The maximum absolute atomic E-state index is 13.2. The first-order valence-electron chi connectivity index (χ1n) is 8.95. The fourth-order valence-corrected chi connectivity index (χ4v) is 4.01. The lowest BCUT2D eigenvalue weighted by atomic mass is 10.1. The summed E-state index contributed by atoms with van der Waals surface area (Å²) in [5.74, 6) is 1.19. The molecule has 3 aromatic rings. The normalized spacial score (nSPS) is 11.7. The van der Waals surface area contributed by atoms with Crippen molar-refractivity contribution in [1.82, 2.24) is 9.97 Å². The van der Waals surface area contributed by atoms with Crippen molar-refractivity contribution < 1.29 is 9.53 Å². The number of ether oxygens (including phenoxy) is 1. The minimum absolute atomic E-state index is 0.131. The Morgan fingerprint density at radius 3 is 2.46 bits per heavy atom. The Kier molecular flexibility index (Phi) is 6.31. The standard InChI is InChI=1S/C22H23N3O2S/c1-14-10-11-19(27-4)18(12-14)25-22(26)21(17-8-6-5-7-9-17)28-20-13-15(2)23-16(3)24-20/h5-13,21H,1-4H3,(H,25,26)/t21-/m0/s1. The van der Waals surface area contributed by atoms with E-state index in [1.807, 2.05) is 75.4 Å². The maximum atomic E-state index is 13.2. The third-order valence-corrected chi connectivity index (χ3v) is 5.31. The monoisotopic (exact) mass is 393 g/mol. The predicted octanol–water partition coefficient (Wildman–Crippen LogP) is 4.88. The number of hydrogen-bond donors (Lipinski definition) is 1. The van der Waals surface area contributed by atoms with Crippen LogP contribution in [-0.4, -0.2) is 23.0 Å². The topological polar surface area (TPSA) is 64.1 Å². The summed E-state index contributed by atoms with van der Waals surface area (Å²) in [7, 11) is 1.59. The van der Waals surface area contributed by atoms with Gasteiger partial charge in [0.15, 0.2) is 0 Å². The Morgan fingerprint density at radius 1 is 1.04 bits per heavy atom. The van der Waals surface area contributed by atoms with E-state index < -0.39 is 5.25 Å². The molecule has 1 N–H and O–H groups in total. The Balaban J connectivity index is 1.93. The number of benzene rings is 2. The van der Waals surface area contributed by atoms with Crippen molar-refractivity contribution in [2.24, 2.45) is 0 Å². The van der Waals surface area contributed by atoms with Crippen LogP contribution >= 0.6 is 11.8 Å². The fraction of sp³-hybridized carbons (Fsp3) is 0.227. The van der Waals surface area contributed by atoms with Crippen LogP contribution < -0.4 is 10.1 Å². The zero-order chi connectivity index (χ0) is 20.1. The molecule has 3 rings (SSSR count). The molecule has 0 saturated carbocycles. The number of methoxy groups -OCH3 is 1. The molecule has 0 aliphatic heterocycles. The first kappa shape index (κ1) is 19.9. The molecule has 0 fully saturated rings. The highest BCUT2D eigenvalue weighted by atomic mass is 32.2. The van der Waals surface area contributed by atoms with Crippen LogP contribution in [0, 0.1) is 20.8 Å². The van der Waals surface area contributed by atoms with E-state index in [1.165, 1.54) is 11.8 Å². The van der Waals surface area contributed by atoms with Crippen LogP contribution in [-0.2, 0) is 4.79 Å². The number of hydrogen-bond acceptors (Lipinski definition) is 5. The minimum Gasteiger partial charge on any atom is -0.495 e. The SMILES string of the molecule is COc1ccc(C)cc1NC(=O)[C@@H](Sc1cc(C)nc(C)n1)c1ccccc1. The van der Waals surface area contributed by atoms with Gasteiger partial charge in [0.25, 0.3) is 0 Å². The number of thioether (sulfide) groups is 1. The summed E-state index contributed by atoms with van der Waals surface area (Å²) in [5.41, 5.74) is 3.49. The summed E-state index contributed by atoms with van der Waals surface area (Å²) >= 11 is 1.41. The molecule has 0 spiro atoms. The number of nitrogens with one attached hydrogen (secondary N) is 1. The lowest BCUT2D eigenvalue weighted by molar-refractivity contribution is -0.115. The molecule has 1 aromatic heterocycles. The summed E-state index contributed by atoms with van der Waals surface area (Å²) in [5, 5.41) is 3.33. The van der Waals surface area contributed by atoms with E-state index in [-0.39, 0.29) is 5.91 Å². The first-order chi connectivity index (χ1) is 13.5. The largest absolute Gasteiger partial charge is 0.495 e. The van der Waals surface area contributed by atoms with E-state index >= 15 is 0 Å². The van der Waals surface area contributed by atoms with Gasteiger partial charge in [0, 0.05) is 5.69 Å². The Morgan fingerprint density at radius 2 is 1.79 bits per heavy atom. The van der Waals surface area contributed by atoms with Gasteiger partial charge in [-0.1, -0.05) is 48.2 Å². The Hall–Kier alpha value is -2.86. The van der Waals surface area contributed by atoms with E-state index in [2.05, 4.69) is 15.3 Å². The number of aromatic nitrogens is 2. The third-order valence-electron chi connectivity index (χ3n) is 4.13. The molecular weight excluding hydrogens is 370 g/mol. The second-order valence-corrected chi connectivity index (χ2v) is 7.62. The van der Waals surface area contributed by atoms with Crippen molar-refractivity contribution in [3.05, 3.63) is 77.2 Å². The predicted molar refractivity (Wildman–Crippen MR) is 113 cm³/mol. The number of carbonyl (C=O) groups is 1. The highest BCUT2D eigenvalue weighted by molar-refractivity contribution is 8.00. The lowest BCUT2D eigenvalue weighted by Gasteiger charge is -2.18. The van der Waals surface area contributed by atoms with Gasteiger partial charge in [-0.25, -0.2) is 9.97 Å². The van der Waals surface area contributed by atoms with Crippen LogP contribution in [0.3, 0.4) is 0 Å². The van der Waals surface area contributed by atoms with Crippen molar-refractivity contribution in [2.75, 3.05) is 12.4 Å². The molecule has 6 heteroatoms. The van der Waals surface area contributed by atoms with E-state index in [1.54, 1.807) is 7.11 Å². The lowest BCUT2D eigenvalue weighted by Crippen LogP contribution is -2.19. The van der Waals surface area contributed by atoms with Gasteiger partial charge in [0.05, 0.1) is 12.8 Å². The van der Waals surface area contributed by atoms with Crippen LogP contribution in [0.25, 0.3) is 0 Å². The number of nitrogens with zero attached hydrogens (tertiary/aromatic N) is 2. The van der Waals surface area contributed by atoms with Gasteiger partial charge in [-0.2, -0.15) is 0 Å². The summed E-state index contributed by atoms with van der Waals surface area (Å²) in [4.78, 5) is 22.0. The van der Waals surface area contributed by atoms with Crippen LogP contribution in [0.2, 0.25) is 0 Å². The zero-order valence-corrected chi connectivity index (χ0v) is 17.2. The average Bonchev–Trinajstić information content (AvgIpc) is 2.66. The van der Waals surface area contributed by atoms with Crippen molar-refractivity contribution in [3.8, 4) is 5.75 Å². The van der Waals surface area contributed by atoms with Gasteiger partial charge in [-0.15, -0.1) is 0 Å². The molecule has 0 aliphatic rings. The van der Waals surface area contributed by atoms with Gasteiger partial charge < -0.3 is 10.1 Å². The molecule has 1 amide bonds. The van der Waals surface area contributed by atoms with E-state index in [0.29, 0.717) is 17.3 Å².